The van der Waals surface area contributed by atoms with Crippen LogP contribution in [0, 0.1) is 0 Å². The van der Waals surface area contributed by atoms with E-state index in [1.165, 1.54) is 25.7 Å². The highest BCUT2D eigenvalue weighted by atomic mass is 16.5. The second-order valence-electron chi connectivity index (χ2n) is 4.56. The van der Waals surface area contributed by atoms with E-state index < -0.39 is 0 Å². The van der Waals surface area contributed by atoms with E-state index in [-0.39, 0.29) is 0 Å². The van der Waals surface area contributed by atoms with E-state index in [4.69, 9.17) is 10.5 Å². The predicted octanol–water partition coefficient (Wildman–Crippen LogP) is 1.62. The van der Waals surface area contributed by atoms with Crippen molar-refractivity contribution in [3.8, 4) is 0 Å². The van der Waals surface area contributed by atoms with E-state index in [0.717, 1.165) is 32.7 Å². The molecule has 0 bridgehead atoms. The highest BCUT2D eigenvalue weighted by molar-refractivity contribution is 4.95. The maximum absolute atomic E-state index is 5.98. The molecule has 15 heavy (non-hydrogen) atoms. The molecule has 0 aliphatic heterocycles. The molecular formula is C12H26N2O. The van der Waals surface area contributed by atoms with E-state index in [1.807, 2.05) is 0 Å². The standard InChI is InChI=1S/C12H26N2O/c1-3-14(9-6-10-15-2)12(11-13)7-4-5-8-12/h3-11,13H2,1-2H3. The van der Waals surface area contributed by atoms with Gasteiger partial charge in [0.05, 0.1) is 0 Å². The smallest absolute Gasteiger partial charge is 0.0474 e. The van der Waals surface area contributed by atoms with Gasteiger partial charge in [0.25, 0.3) is 0 Å². The van der Waals surface area contributed by atoms with Gasteiger partial charge in [-0.15, -0.1) is 0 Å². The molecule has 1 rings (SSSR count). The Bertz CT molecular complexity index is 167. The largest absolute Gasteiger partial charge is 0.385 e. The summed E-state index contributed by atoms with van der Waals surface area (Å²) in [4.78, 5) is 2.57. The Morgan fingerprint density at radius 1 is 1.33 bits per heavy atom. The molecular weight excluding hydrogens is 188 g/mol. The lowest BCUT2D eigenvalue weighted by molar-refractivity contribution is 0.0895. The summed E-state index contributed by atoms with van der Waals surface area (Å²) in [6.07, 6.45) is 6.37. The van der Waals surface area contributed by atoms with E-state index in [9.17, 15) is 0 Å². The first-order valence-corrected chi connectivity index (χ1v) is 6.23. The van der Waals surface area contributed by atoms with Crippen molar-refractivity contribution in [2.45, 2.75) is 44.6 Å². The zero-order valence-corrected chi connectivity index (χ0v) is 10.3. The number of ether oxygens (including phenoxy) is 1. The van der Waals surface area contributed by atoms with Crippen LogP contribution in [-0.2, 0) is 4.74 Å². The van der Waals surface area contributed by atoms with Crippen LogP contribution < -0.4 is 5.73 Å². The molecule has 1 fully saturated rings. The number of hydrogen-bond acceptors (Lipinski definition) is 3. The van der Waals surface area contributed by atoms with Crippen molar-refractivity contribution in [3.63, 3.8) is 0 Å². The number of methoxy groups -OCH3 is 1. The molecule has 3 heteroatoms. The maximum atomic E-state index is 5.98. The first kappa shape index (κ1) is 12.9. The predicted molar refractivity (Wildman–Crippen MR) is 64.0 cm³/mol. The normalized spacial score (nSPS) is 20.0. The van der Waals surface area contributed by atoms with Gasteiger partial charge in [0.1, 0.15) is 0 Å². The van der Waals surface area contributed by atoms with Gasteiger partial charge < -0.3 is 10.5 Å². The fraction of sp³-hybridized carbons (Fsp3) is 1.00. The average molecular weight is 214 g/mol. The van der Waals surface area contributed by atoms with Crippen LogP contribution in [0.2, 0.25) is 0 Å². The molecule has 0 aromatic carbocycles. The van der Waals surface area contributed by atoms with Crippen molar-refractivity contribution in [1.82, 2.24) is 4.90 Å². The lowest BCUT2D eigenvalue weighted by atomic mass is 9.95. The number of nitrogens with zero attached hydrogens (tertiary/aromatic N) is 1. The zero-order chi connectivity index (χ0) is 11.1. The van der Waals surface area contributed by atoms with Crippen LogP contribution in [0.4, 0.5) is 0 Å². The third-order valence-electron chi connectivity index (χ3n) is 3.74. The molecule has 2 N–H and O–H groups in total. The van der Waals surface area contributed by atoms with Gasteiger partial charge in [-0.2, -0.15) is 0 Å². The molecule has 0 spiro atoms. The van der Waals surface area contributed by atoms with E-state index in [2.05, 4.69) is 11.8 Å². The molecule has 1 saturated carbocycles. The van der Waals surface area contributed by atoms with Crippen molar-refractivity contribution >= 4 is 0 Å². The molecule has 1 aliphatic carbocycles. The summed E-state index contributed by atoms with van der Waals surface area (Å²) in [7, 11) is 1.77. The minimum absolute atomic E-state index is 0.308. The second kappa shape index (κ2) is 6.46. The molecule has 0 amide bonds. The maximum Gasteiger partial charge on any atom is 0.0474 e. The molecule has 0 unspecified atom stereocenters. The Kier molecular flexibility index (Phi) is 5.58. The third-order valence-corrected chi connectivity index (χ3v) is 3.74. The number of rotatable bonds is 7. The summed E-state index contributed by atoms with van der Waals surface area (Å²) >= 11 is 0. The molecule has 90 valence electrons. The van der Waals surface area contributed by atoms with E-state index >= 15 is 0 Å². The van der Waals surface area contributed by atoms with Crippen molar-refractivity contribution in [2.75, 3.05) is 33.4 Å². The van der Waals surface area contributed by atoms with Gasteiger partial charge in [-0.05, 0) is 25.8 Å². The Labute approximate surface area is 94.0 Å². The summed E-state index contributed by atoms with van der Waals surface area (Å²) in [5.74, 6) is 0. The highest BCUT2D eigenvalue weighted by Crippen LogP contribution is 2.34. The Morgan fingerprint density at radius 2 is 2.00 bits per heavy atom. The fourth-order valence-electron chi connectivity index (χ4n) is 2.81. The minimum Gasteiger partial charge on any atom is -0.385 e. The Balaban J connectivity index is 2.46. The Morgan fingerprint density at radius 3 is 2.47 bits per heavy atom. The summed E-state index contributed by atoms with van der Waals surface area (Å²) < 4.78 is 5.11. The molecule has 0 aromatic rings. The first-order chi connectivity index (χ1) is 7.29. The van der Waals surface area contributed by atoms with Crippen molar-refractivity contribution in [3.05, 3.63) is 0 Å². The quantitative estimate of drug-likeness (QED) is 0.654. The zero-order valence-electron chi connectivity index (χ0n) is 10.3. The van der Waals surface area contributed by atoms with Crippen LogP contribution in [0.15, 0.2) is 0 Å². The number of likely N-dealkylation sites (N-methyl/N-ethyl adjacent to an activating group) is 1. The van der Waals surface area contributed by atoms with Crippen LogP contribution in [0.1, 0.15) is 39.0 Å². The minimum atomic E-state index is 0.308. The number of hydrogen-bond donors (Lipinski definition) is 1. The van der Waals surface area contributed by atoms with Gasteiger partial charge in [-0.3, -0.25) is 4.90 Å². The van der Waals surface area contributed by atoms with Crippen molar-refractivity contribution in [1.29, 1.82) is 0 Å². The second-order valence-corrected chi connectivity index (χ2v) is 4.56. The summed E-state index contributed by atoms with van der Waals surface area (Å²) in [6.45, 7) is 6.15. The van der Waals surface area contributed by atoms with Gasteiger partial charge in [-0.25, -0.2) is 0 Å². The van der Waals surface area contributed by atoms with Crippen LogP contribution in [0.25, 0.3) is 0 Å². The summed E-state index contributed by atoms with van der Waals surface area (Å²) in [6, 6.07) is 0. The highest BCUT2D eigenvalue weighted by Gasteiger charge is 2.36. The average Bonchev–Trinajstić information content (AvgIpc) is 2.74. The van der Waals surface area contributed by atoms with Crippen LogP contribution in [0.3, 0.4) is 0 Å². The summed E-state index contributed by atoms with van der Waals surface area (Å²) in [5, 5.41) is 0. The van der Waals surface area contributed by atoms with Crippen molar-refractivity contribution < 1.29 is 4.74 Å². The van der Waals surface area contributed by atoms with Crippen LogP contribution in [0.5, 0.6) is 0 Å². The van der Waals surface area contributed by atoms with E-state index in [0.29, 0.717) is 5.54 Å². The Hall–Kier alpha value is -0.120. The van der Waals surface area contributed by atoms with Gasteiger partial charge in [0, 0.05) is 32.3 Å². The molecule has 1 aliphatic rings. The van der Waals surface area contributed by atoms with Gasteiger partial charge in [0.15, 0.2) is 0 Å². The molecule has 3 nitrogen and oxygen atoms in total. The van der Waals surface area contributed by atoms with Crippen LogP contribution >= 0.6 is 0 Å². The first-order valence-electron chi connectivity index (χ1n) is 6.23. The summed E-state index contributed by atoms with van der Waals surface area (Å²) in [5.41, 5.74) is 6.28. The SMILES string of the molecule is CCN(CCCOC)C1(CN)CCCC1. The fourth-order valence-corrected chi connectivity index (χ4v) is 2.81. The topological polar surface area (TPSA) is 38.5 Å². The van der Waals surface area contributed by atoms with Crippen molar-refractivity contribution in [2.24, 2.45) is 5.73 Å². The molecule has 0 radical (unpaired) electrons. The molecule has 0 aromatic heterocycles. The van der Waals surface area contributed by atoms with Gasteiger partial charge in [0.2, 0.25) is 0 Å². The van der Waals surface area contributed by atoms with E-state index in [1.54, 1.807) is 7.11 Å². The lowest BCUT2D eigenvalue weighted by Crippen LogP contribution is -2.52. The van der Waals surface area contributed by atoms with Crippen LogP contribution in [-0.4, -0.2) is 43.8 Å². The van der Waals surface area contributed by atoms with Gasteiger partial charge in [-0.1, -0.05) is 19.8 Å². The molecule has 0 saturated heterocycles. The lowest BCUT2D eigenvalue weighted by Gasteiger charge is -2.40. The number of nitrogens with two attached hydrogens (primary N) is 1. The van der Waals surface area contributed by atoms with Gasteiger partial charge >= 0.3 is 0 Å². The monoisotopic (exact) mass is 214 g/mol. The molecule has 0 heterocycles. The molecule has 0 atom stereocenters. The third kappa shape index (κ3) is 3.16.